The maximum Gasteiger partial charge on any atom is 0.247 e. The van der Waals surface area contributed by atoms with Crippen LogP contribution in [0, 0.1) is 0 Å². The van der Waals surface area contributed by atoms with Crippen LogP contribution in [-0.4, -0.2) is 56.1 Å². The molecule has 3 rings (SSSR count). The molecule has 2 aliphatic rings. The van der Waals surface area contributed by atoms with Crippen LogP contribution >= 0.6 is 24.0 Å². The molecule has 1 aromatic rings. The number of nitrogens with two attached hydrogens (primary N) is 1. The molecule has 0 aromatic heterocycles. The number of ether oxygens (including phenoxy) is 1. The van der Waals surface area contributed by atoms with Gasteiger partial charge in [-0.15, -0.1) is 12.4 Å². The van der Waals surface area contributed by atoms with E-state index in [4.69, 9.17) is 22.1 Å². The third kappa shape index (κ3) is 3.98. The molecular formula is C18H25Cl2N3O3. The van der Waals surface area contributed by atoms with Crippen molar-refractivity contribution in [2.75, 3.05) is 38.8 Å². The molecule has 2 N–H and O–H groups in total. The van der Waals surface area contributed by atoms with Gasteiger partial charge in [0.1, 0.15) is 5.54 Å². The fourth-order valence-electron chi connectivity index (χ4n) is 3.49. The van der Waals surface area contributed by atoms with Gasteiger partial charge in [0, 0.05) is 56.9 Å². The monoisotopic (exact) mass is 401 g/mol. The van der Waals surface area contributed by atoms with E-state index in [9.17, 15) is 9.59 Å². The molecule has 8 heteroatoms. The van der Waals surface area contributed by atoms with E-state index in [1.807, 2.05) is 12.1 Å². The highest BCUT2D eigenvalue weighted by Crippen LogP contribution is 2.41. The predicted octanol–water partition coefficient (Wildman–Crippen LogP) is 2.18. The van der Waals surface area contributed by atoms with Gasteiger partial charge in [0.25, 0.3) is 0 Å². The smallest absolute Gasteiger partial charge is 0.247 e. The molecule has 1 aromatic carbocycles. The SMILES string of the molecule is CN(C)C(=O)CC1CN(C(=O)C2(N)CCOCC2)c2ccc(Cl)cc21.Cl. The molecular weight excluding hydrogens is 377 g/mol. The molecule has 0 spiro atoms. The quantitative estimate of drug-likeness (QED) is 0.841. The summed E-state index contributed by atoms with van der Waals surface area (Å²) in [7, 11) is 3.46. The number of rotatable bonds is 3. The molecule has 2 aliphatic heterocycles. The Labute approximate surface area is 165 Å². The summed E-state index contributed by atoms with van der Waals surface area (Å²) in [6.07, 6.45) is 1.35. The molecule has 2 amide bonds. The average Bonchev–Trinajstić information content (AvgIpc) is 2.92. The van der Waals surface area contributed by atoms with Crippen molar-refractivity contribution in [3.63, 3.8) is 0 Å². The maximum atomic E-state index is 13.2. The molecule has 0 aliphatic carbocycles. The zero-order valence-corrected chi connectivity index (χ0v) is 16.6. The summed E-state index contributed by atoms with van der Waals surface area (Å²) in [5.41, 5.74) is 7.23. The Kier molecular flexibility index (Phi) is 6.55. The Hall–Kier alpha value is -1.34. The highest BCUT2D eigenvalue weighted by molar-refractivity contribution is 6.30. The molecule has 2 heterocycles. The van der Waals surface area contributed by atoms with Crippen LogP contribution in [0.15, 0.2) is 18.2 Å². The number of carbonyl (C=O) groups excluding carboxylic acids is 2. The van der Waals surface area contributed by atoms with Crippen LogP contribution in [-0.2, 0) is 14.3 Å². The van der Waals surface area contributed by atoms with Crippen molar-refractivity contribution in [3.05, 3.63) is 28.8 Å². The van der Waals surface area contributed by atoms with E-state index < -0.39 is 5.54 Å². The third-order valence-corrected chi connectivity index (χ3v) is 5.33. The largest absolute Gasteiger partial charge is 0.381 e. The summed E-state index contributed by atoms with van der Waals surface area (Å²) in [5.74, 6) is -0.145. The zero-order chi connectivity index (χ0) is 18.2. The zero-order valence-electron chi connectivity index (χ0n) is 15.0. The number of carbonyl (C=O) groups is 2. The molecule has 0 bridgehead atoms. The van der Waals surface area contributed by atoms with E-state index in [1.165, 1.54) is 0 Å². The van der Waals surface area contributed by atoms with Crippen molar-refractivity contribution in [1.82, 2.24) is 4.90 Å². The molecule has 6 nitrogen and oxygen atoms in total. The summed E-state index contributed by atoms with van der Waals surface area (Å²) in [6, 6.07) is 5.47. The van der Waals surface area contributed by atoms with Crippen molar-refractivity contribution in [2.24, 2.45) is 5.73 Å². The molecule has 1 unspecified atom stereocenters. The Morgan fingerprint density at radius 1 is 1.35 bits per heavy atom. The predicted molar refractivity (Wildman–Crippen MR) is 104 cm³/mol. The molecule has 1 atom stereocenters. The first kappa shape index (κ1) is 21.0. The van der Waals surface area contributed by atoms with Crippen LogP contribution in [0.1, 0.15) is 30.7 Å². The second kappa shape index (κ2) is 8.13. The first-order valence-electron chi connectivity index (χ1n) is 8.50. The summed E-state index contributed by atoms with van der Waals surface area (Å²) in [4.78, 5) is 28.6. The number of anilines is 1. The van der Waals surface area contributed by atoms with Crippen LogP contribution in [0.5, 0.6) is 0 Å². The van der Waals surface area contributed by atoms with Crippen LogP contribution in [0.2, 0.25) is 5.02 Å². The summed E-state index contributed by atoms with van der Waals surface area (Å²) in [6.45, 7) is 1.44. The minimum Gasteiger partial charge on any atom is -0.381 e. The normalized spacial score (nSPS) is 20.9. The van der Waals surface area contributed by atoms with Gasteiger partial charge < -0.3 is 20.3 Å². The van der Waals surface area contributed by atoms with Crippen molar-refractivity contribution < 1.29 is 14.3 Å². The first-order chi connectivity index (χ1) is 11.8. The van der Waals surface area contributed by atoms with Gasteiger partial charge in [-0.05, 0) is 36.6 Å². The number of hydrogen-bond acceptors (Lipinski definition) is 4. The minimum atomic E-state index is -0.907. The second-order valence-corrected chi connectivity index (χ2v) is 7.51. The lowest BCUT2D eigenvalue weighted by Gasteiger charge is -2.35. The number of halogens is 2. The molecule has 144 valence electrons. The Bertz CT molecular complexity index is 690. The van der Waals surface area contributed by atoms with Crippen LogP contribution in [0.4, 0.5) is 5.69 Å². The fourth-order valence-corrected chi connectivity index (χ4v) is 3.67. The number of nitrogens with zero attached hydrogens (tertiary/aromatic N) is 2. The molecule has 0 radical (unpaired) electrons. The summed E-state index contributed by atoms with van der Waals surface area (Å²) < 4.78 is 5.34. The van der Waals surface area contributed by atoms with Gasteiger partial charge in [0.05, 0.1) is 0 Å². The summed E-state index contributed by atoms with van der Waals surface area (Å²) >= 11 is 6.15. The van der Waals surface area contributed by atoms with E-state index in [2.05, 4.69) is 0 Å². The number of hydrogen-bond donors (Lipinski definition) is 1. The van der Waals surface area contributed by atoms with Crippen LogP contribution in [0.3, 0.4) is 0 Å². The van der Waals surface area contributed by atoms with Gasteiger partial charge in [0.2, 0.25) is 11.8 Å². The maximum absolute atomic E-state index is 13.2. The van der Waals surface area contributed by atoms with Gasteiger partial charge in [-0.25, -0.2) is 0 Å². The third-order valence-electron chi connectivity index (χ3n) is 5.10. The number of fused-ring (bicyclic) bond motifs is 1. The van der Waals surface area contributed by atoms with Crippen LogP contribution in [0.25, 0.3) is 0 Å². The summed E-state index contributed by atoms with van der Waals surface area (Å²) in [5, 5.41) is 0.601. The molecule has 1 saturated heterocycles. The van der Waals surface area contributed by atoms with Gasteiger partial charge in [-0.1, -0.05) is 11.6 Å². The van der Waals surface area contributed by atoms with Crippen molar-refractivity contribution in [1.29, 1.82) is 0 Å². The van der Waals surface area contributed by atoms with E-state index >= 15 is 0 Å². The Morgan fingerprint density at radius 2 is 2.00 bits per heavy atom. The number of benzene rings is 1. The number of amides is 2. The fraction of sp³-hybridized carbons (Fsp3) is 0.556. The Balaban J connectivity index is 0.00000243. The Morgan fingerprint density at radius 3 is 2.62 bits per heavy atom. The van der Waals surface area contributed by atoms with Crippen LogP contribution < -0.4 is 10.6 Å². The average molecular weight is 402 g/mol. The van der Waals surface area contributed by atoms with Gasteiger partial charge in [0.15, 0.2) is 0 Å². The standard InChI is InChI=1S/C18H24ClN3O3.ClH/c1-21(2)16(23)9-12-11-22(15-4-3-13(19)10-14(12)15)17(24)18(20)5-7-25-8-6-18;/h3-4,10,12H,5-9,11,20H2,1-2H3;1H. The van der Waals surface area contributed by atoms with Gasteiger partial charge in [-0.2, -0.15) is 0 Å². The van der Waals surface area contributed by atoms with E-state index in [1.54, 1.807) is 30.0 Å². The first-order valence-corrected chi connectivity index (χ1v) is 8.88. The lowest BCUT2D eigenvalue weighted by Crippen LogP contribution is -2.58. The van der Waals surface area contributed by atoms with Crippen molar-refractivity contribution in [2.45, 2.75) is 30.7 Å². The van der Waals surface area contributed by atoms with Crippen molar-refractivity contribution in [3.8, 4) is 0 Å². The van der Waals surface area contributed by atoms with E-state index in [-0.39, 0.29) is 30.1 Å². The highest BCUT2D eigenvalue weighted by atomic mass is 35.5. The lowest BCUT2D eigenvalue weighted by molar-refractivity contribution is -0.129. The molecule has 0 saturated carbocycles. The van der Waals surface area contributed by atoms with E-state index in [0.29, 0.717) is 44.0 Å². The topological polar surface area (TPSA) is 75.9 Å². The van der Waals surface area contributed by atoms with Crippen molar-refractivity contribution >= 4 is 41.5 Å². The van der Waals surface area contributed by atoms with E-state index in [0.717, 1.165) is 11.3 Å². The lowest BCUT2D eigenvalue weighted by atomic mass is 9.89. The van der Waals surface area contributed by atoms with Gasteiger partial charge in [-0.3, -0.25) is 9.59 Å². The molecule has 1 fully saturated rings. The second-order valence-electron chi connectivity index (χ2n) is 7.08. The van der Waals surface area contributed by atoms with Gasteiger partial charge >= 0.3 is 0 Å². The minimum absolute atomic E-state index is 0. The highest BCUT2D eigenvalue weighted by Gasteiger charge is 2.43. The molecule has 26 heavy (non-hydrogen) atoms.